The number of sulfone groups is 1. The number of amides is 1. The van der Waals surface area contributed by atoms with Crippen molar-refractivity contribution in [1.29, 1.82) is 0 Å². The van der Waals surface area contributed by atoms with Crippen molar-refractivity contribution in [2.75, 3.05) is 18.1 Å². The predicted molar refractivity (Wildman–Crippen MR) is 116 cm³/mol. The van der Waals surface area contributed by atoms with Crippen molar-refractivity contribution in [1.82, 2.24) is 10.0 Å². The summed E-state index contributed by atoms with van der Waals surface area (Å²) in [6.07, 6.45) is 1.10. The van der Waals surface area contributed by atoms with Crippen LogP contribution in [0.3, 0.4) is 0 Å². The minimum Gasteiger partial charge on any atom is -0.351 e. The molecule has 1 amide bonds. The van der Waals surface area contributed by atoms with Crippen LogP contribution in [0.25, 0.3) is 0 Å². The molecular formula is C21H26N2O5S2. The normalized spacial score (nSPS) is 19.3. The first-order valence-electron chi connectivity index (χ1n) is 9.86. The first-order valence-corrected chi connectivity index (χ1v) is 13.2. The molecule has 2 aromatic rings. The molecular weight excluding hydrogens is 424 g/mol. The van der Waals surface area contributed by atoms with Crippen LogP contribution in [0.5, 0.6) is 0 Å². The number of hydrogen-bond donors (Lipinski definition) is 2. The van der Waals surface area contributed by atoms with Gasteiger partial charge in [-0.25, -0.2) is 21.6 Å². The average molecular weight is 451 g/mol. The van der Waals surface area contributed by atoms with Crippen LogP contribution < -0.4 is 10.0 Å². The third kappa shape index (κ3) is 5.68. The molecule has 2 atom stereocenters. The summed E-state index contributed by atoms with van der Waals surface area (Å²) < 4.78 is 50.8. The lowest BCUT2D eigenvalue weighted by Gasteiger charge is -2.16. The molecule has 30 heavy (non-hydrogen) atoms. The van der Waals surface area contributed by atoms with Crippen molar-refractivity contribution in [3.63, 3.8) is 0 Å². The predicted octanol–water partition coefficient (Wildman–Crippen LogP) is 2.08. The second kappa shape index (κ2) is 9.28. The summed E-state index contributed by atoms with van der Waals surface area (Å²) in [6, 6.07) is 15.0. The van der Waals surface area contributed by atoms with Gasteiger partial charge in [-0.2, -0.15) is 0 Å². The van der Waals surface area contributed by atoms with Gasteiger partial charge >= 0.3 is 0 Å². The molecule has 0 spiro atoms. The quantitative estimate of drug-likeness (QED) is 0.640. The summed E-state index contributed by atoms with van der Waals surface area (Å²) in [6.45, 7) is 2.49. The fourth-order valence-corrected chi connectivity index (χ4v) is 6.62. The first kappa shape index (κ1) is 22.5. The maximum Gasteiger partial charge on any atom is 0.251 e. The monoisotopic (exact) mass is 450 g/mol. The van der Waals surface area contributed by atoms with E-state index in [9.17, 15) is 21.6 Å². The van der Waals surface area contributed by atoms with E-state index in [0.717, 1.165) is 12.0 Å². The highest BCUT2D eigenvalue weighted by Crippen LogP contribution is 2.19. The summed E-state index contributed by atoms with van der Waals surface area (Å²) in [7, 11) is -7.13. The second-order valence-electron chi connectivity index (χ2n) is 7.47. The van der Waals surface area contributed by atoms with Gasteiger partial charge in [-0.1, -0.05) is 43.3 Å². The highest BCUT2D eigenvalue weighted by Gasteiger charge is 2.31. The molecule has 1 saturated heterocycles. The molecule has 0 aromatic heterocycles. The van der Waals surface area contributed by atoms with Gasteiger partial charge in [0.25, 0.3) is 5.91 Å². The molecule has 7 nitrogen and oxygen atoms in total. The van der Waals surface area contributed by atoms with E-state index >= 15 is 0 Å². The van der Waals surface area contributed by atoms with Crippen molar-refractivity contribution >= 4 is 25.8 Å². The Bertz CT molecular complexity index is 1100. The Morgan fingerprint density at radius 3 is 2.50 bits per heavy atom. The van der Waals surface area contributed by atoms with Gasteiger partial charge in [-0.15, -0.1) is 0 Å². The van der Waals surface area contributed by atoms with Gasteiger partial charge < -0.3 is 5.32 Å². The molecule has 9 heteroatoms. The van der Waals surface area contributed by atoms with Crippen LogP contribution in [-0.4, -0.2) is 46.8 Å². The zero-order valence-electron chi connectivity index (χ0n) is 16.7. The zero-order valence-corrected chi connectivity index (χ0v) is 18.4. The Balaban J connectivity index is 1.67. The standard InChI is InChI=1S/C21H26N2O5S2/c1-2-16(17-7-4-3-5-8-17)14-22-21(24)18-9-6-10-20(13-18)30(27,28)23-19-11-12-29(25,26)15-19/h3-10,13,16,19,23H,2,11-12,14-15H2,1H3,(H,22,24)/t16-,19+/m0/s1. The third-order valence-corrected chi connectivity index (χ3v) is 8.52. The third-order valence-electron chi connectivity index (χ3n) is 5.23. The molecule has 0 aliphatic carbocycles. The molecule has 2 N–H and O–H groups in total. The number of hydrogen-bond acceptors (Lipinski definition) is 5. The van der Waals surface area contributed by atoms with Crippen LogP contribution in [-0.2, 0) is 19.9 Å². The van der Waals surface area contributed by atoms with E-state index in [1.165, 1.54) is 18.2 Å². The number of rotatable bonds is 8. The maximum atomic E-state index is 12.6. The minimum atomic E-state index is -3.92. The molecule has 162 valence electrons. The second-order valence-corrected chi connectivity index (χ2v) is 11.4. The molecule has 0 saturated carbocycles. The first-order chi connectivity index (χ1) is 14.2. The van der Waals surface area contributed by atoms with Gasteiger partial charge in [0.2, 0.25) is 10.0 Å². The van der Waals surface area contributed by atoms with E-state index in [4.69, 9.17) is 0 Å². The molecule has 1 aliphatic heterocycles. The molecule has 3 rings (SSSR count). The summed E-state index contributed by atoms with van der Waals surface area (Å²) in [5.41, 5.74) is 1.37. The summed E-state index contributed by atoms with van der Waals surface area (Å²) in [5, 5.41) is 2.88. The fourth-order valence-electron chi connectivity index (χ4n) is 3.52. The molecule has 1 fully saturated rings. The van der Waals surface area contributed by atoms with Crippen LogP contribution in [0.4, 0.5) is 0 Å². The highest BCUT2D eigenvalue weighted by molar-refractivity contribution is 7.92. The molecule has 0 unspecified atom stereocenters. The van der Waals surface area contributed by atoms with Crippen LogP contribution in [0.1, 0.15) is 41.6 Å². The number of nitrogens with one attached hydrogen (secondary N) is 2. The molecule has 0 bridgehead atoms. The fraction of sp³-hybridized carbons (Fsp3) is 0.381. The summed E-state index contributed by atoms with van der Waals surface area (Å²) >= 11 is 0. The average Bonchev–Trinajstić information content (AvgIpc) is 3.06. The topological polar surface area (TPSA) is 109 Å². The van der Waals surface area contributed by atoms with E-state index in [-0.39, 0.29) is 40.2 Å². The lowest BCUT2D eigenvalue weighted by Crippen LogP contribution is -2.35. The Morgan fingerprint density at radius 2 is 1.87 bits per heavy atom. The number of carbonyl (C=O) groups is 1. The number of carbonyl (C=O) groups excluding carboxylic acids is 1. The van der Waals surface area contributed by atoms with E-state index < -0.39 is 25.9 Å². The smallest absolute Gasteiger partial charge is 0.251 e. The SMILES string of the molecule is CC[C@@H](CNC(=O)c1cccc(S(=O)(=O)N[C@@H]2CCS(=O)(=O)C2)c1)c1ccccc1. The van der Waals surface area contributed by atoms with Crippen molar-refractivity contribution in [3.05, 3.63) is 65.7 Å². The number of benzene rings is 2. The van der Waals surface area contributed by atoms with Crippen LogP contribution >= 0.6 is 0 Å². The Morgan fingerprint density at radius 1 is 1.13 bits per heavy atom. The van der Waals surface area contributed by atoms with Crippen molar-refractivity contribution < 1.29 is 21.6 Å². The van der Waals surface area contributed by atoms with Crippen LogP contribution in [0.15, 0.2) is 59.5 Å². The van der Waals surface area contributed by atoms with Gasteiger partial charge in [-0.3, -0.25) is 4.79 Å². The van der Waals surface area contributed by atoms with Gasteiger partial charge in [0.1, 0.15) is 0 Å². The van der Waals surface area contributed by atoms with Crippen molar-refractivity contribution in [2.24, 2.45) is 0 Å². The Hall–Kier alpha value is -2.23. The van der Waals surface area contributed by atoms with E-state index in [1.54, 1.807) is 6.07 Å². The maximum absolute atomic E-state index is 12.6. The molecule has 1 aliphatic rings. The van der Waals surface area contributed by atoms with Crippen molar-refractivity contribution in [3.8, 4) is 0 Å². The molecule has 2 aromatic carbocycles. The van der Waals surface area contributed by atoms with Crippen molar-refractivity contribution in [2.45, 2.75) is 36.6 Å². The van der Waals surface area contributed by atoms with Crippen LogP contribution in [0, 0.1) is 0 Å². The lowest BCUT2D eigenvalue weighted by atomic mass is 9.96. The van der Waals surface area contributed by atoms with Crippen LogP contribution in [0.2, 0.25) is 0 Å². The molecule has 1 heterocycles. The Kier molecular flexibility index (Phi) is 6.95. The van der Waals surface area contributed by atoms with E-state index in [0.29, 0.717) is 6.54 Å². The lowest BCUT2D eigenvalue weighted by molar-refractivity contribution is 0.0950. The highest BCUT2D eigenvalue weighted by atomic mass is 32.2. The van der Waals surface area contributed by atoms with Gasteiger partial charge in [0.15, 0.2) is 9.84 Å². The molecule has 0 radical (unpaired) electrons. The van der Waals surface area contributed by atoms with Gasteiger partial charge in [-0.05, 0) is 36.6 Å². The Labute approximate surface area is 177 Å². The largest absolute Gasteiger partial charge is 0.351 e. The van der Waals surface area contributed by atoms with Gasteiger partial charge in [0.05, 0.1) is 16.4 Å². The summed E-state index contributed by atoms with van der Waals surface area (Å²) in [5.74, 6) is -0.426. The summed E-state index contributed by atoms with van der Waals surface area (Å²) in [4.78, 5) is 12.5. The zero-order chi connectivity index (χ0) is 21.8. The number of sulfonamides is 1. The minimum absolute atomic E-state index is 0.0252. The van der Waals surface area contributed by atoms with E-state index in [2.05, 4.69) is 10.0 Å². The van der Waals surface area contributed by atoms with Gasteiger partial charge in [0, 0.05) is 24.1 Å². The van der Waals surface area contributed by atoms with E-state index in [1.807, 2.05) is 37.3 Å².